The Labute approximate surface area is 224 Å². The molecular weight excluding hydrogens is 467 g/mol. The van der Waals surface area contributed by atoms with Crippen molar-refractivity contribution in [2.24, 2.45) is 28.6 Å². The van der Waals surface area contributed by atoms with Gasteiger partial charge in [-0.15, -0.1) is 0 Å². The van der Waals surface area contributed by atoms with Crippen molar-refractivity contribution in [2.75, 3.05) is 13.0 Å². The van der Waals surface area contributed by atoms with E-state index in [-0.39, 0.29) is 0 Å². The maximum Gasteiger partial charge on any atom is 0.471 e. The predicted molar refractivity (Wildman–Crippen MR) is 117 cm³/mol. The van der Waals surface area contributed by atoms with Gasteiger partial charge in [0.25, 0.3) is 0 Å². The highest BCUT2D eigenvalue weighted by Crippen LogP contribution is 2.65. The molecule has 0 aromatic rings. The fourth-order valence-electron chi connectivity index (χ4n) is 3.93. The molecule has 1 saturated carbocycles. The van der Waals surface area contributed by atoms with E-state index in [0.29, 0.717) is 0 Å². The highest BCUT2D eigenvalue weighted by Gasteiger charge is 2.70. The number of amides is 4. The van der Waals surface area contributed by atoms with Crippen LogP contribution in [0.3, 0.4) is 0 Å². The first-order valence-electron chi connectivity index (χ1n) is 18.0. The molecule has 35 heavy (non-hydrogen) atoms. The maximum atomic E-state index is 14.4. The average molecular weight is 516 g/mol. The number of piperidine rings is 1. The number of rotatable bonds is 6. The lowest BCUT2D eigenvalue weighted by Gasteiger charge is -2.37. The number of hydrogen-bond acceptors (Lipinski definition) is 5. The van der Waals surface area contributed by atoms with Gasteiger partial charge in [0.1, 0.15) is 18.1 Å². The molecule has 1 unspecified atom stereocenters. The van der Waals surface area contributed by atoms with Gasteiger partial charge in [-0.2, -0.15) is 18.4 Å². The Kier molecular flexibility index (Phi) is 3.19. The van der Waals surface area contributed by atoms with E-state index in [1.54, 1.807) is 10.6 Å². The Morgan fingerprint density at radius 2 is 2.03 bits per heavy atom. The van der Waals surface area contributed by atoms with Crippen LogP contribution in [0.15, 0.2) is 0 Å². The molecule has 3 aliphatic rings. The van der Waals surface area contributed by atoms with Crippen molar-refractivity contribution < 1.29 is 54.3 Å². The van der Waals surface area contributed by atoms with Gasteiger partial charge in [0.15, 0.2) is 0 Å². The first-order valence-corrected chi connectivity index (χ1v) is 10.0. The van der Waals surface area contributed by atoms with E-state index in [0.717, 1.165) is 5.32 Å². The minimum atomic E-state index is -6.04. The van der Waals surface area contributed by atoms with Gasteiger partial charge in [0.05, 0.1) is 8.81 Å². The number of nitriles is 1. The number of fused-ring (bicyclic) bond motifs is 1. The van der Waals surface area contributed by atoms with Crippen molar-refractivity contribution in [1.82, 2.24) is 20.9 Å². The lowest BCUT2D eigenvalue weighted by Crippen LogP contribution is -2.61. The van der Waals surface area contributed by atoms with Crippen molar-refractivity contribution in [3.05, 3.63) is 0 Å². The quantitative estimate of drug-likeness (QED) is 0.488. The van der Waals surface area contributed by atoms with Crippen LogP contribution in [0.4, 0.5) is 13.2 Å². The summed E-state index contributed by atoms with van der Waals surface area (Å²) < 4.78 is 171. The number of hydrogen-bond donors (Lipinski definition) is 3. The largest absolute Gasteiger partial charge is 0.471 e. The summed E-state index contributed by atoms with van der Waals surface area (Å²) in [5.41, 5.74) is -6.16. The molecular formula is C23H32F3N5O4. The summed E-state index contributed by atoms with van der Waals surface area (Å²) in [6.07, 6.45) is -8.32. The van der Waals surface area contributed by atoms with Crippen molar-refractivity contribution in [3.8, 4) is 6.07 Å². The number of nitrogens with one attached hydrogen (secondary N) is 3. The first-order chi connectivity index (χ1) is 22.3. The summed E-state index contributed by atoms with van der Waals surface area (Å²) in [4.78, 5) is 52.6. The van der Waals surface area contributed by atoms with Gasteiger partial charge >= 0.3 is 12.1 Å². The molecule has 3 N–H and O–H groups in total. The van der Waals surface area contributed by atoms with Crippen molar-refractivity contribution in [1.29, 1.82) is 5.26 Å². The predicted octanol–water partition coefficient (Wildman–Crippen LogP) is 1.10. The second-order valence-corrected chi connectivity index (χ2v) is 8.81. The van der Waals surface area contributed by atoms with Gasteiger partial charge in [0.2, 0.25) is 17.7 Å². The van der Waals surface area contributed by atoms with Gasteiger partial charge in [-0.05, 0) is 35.5 Å². The molecule has 12 heteroatoms. The van der Waals surface area contributed by atoms with Crippen LogP contribution in [-0.2, 0) is 19.2 Å². The molecule has 0 aromatic heterocycles. The van der Waals surface area contributed by atoms with E-state index in [2.05, 4.69) is 0 Å². The third-order valence-corrected chi connectivity index (χ3v) is 5.91. The number of likely N-dealkylation sites (tertiary alicyclic amines) is 1. The molecule has 2 saturated heterocycles. The Hall–Kier alpha value is -2.84. The zero-order valence-corrected chi connectivity index (χ0v) is 18.3. The first kappa shape index (κ1) is 12.4. The normalized spacial score (nSPS) is 44.7. The fraction of sp³-hybridized carbons (Fsp3) is 0.783. The number of nitrogens with zero attached hydrogens (tertiary/aromatic N) is 2. The highest BCUT2D eigenvalue weighted by molar-refractivity contribution is 5.95. The van der Waals surface area contributed by atoms with Crippen molar-refractivity contribution in [2.45, 2.75) is 71.5 Å². The molecule has 194 valence electrons. The molecule has 0 aromatic carbocycles. The van der Waals surface area contributed by atoms with E-state index in [1.165, 1.54) is 19.9 Å². The van der Waals surface area contributed by atoms with Gasteiger partial charge in [-0.1, -0.05) is 34.4 Å². The summed E-state index contributed by atoms with van der Waals surface area (Å²) in [5, 5.41) is 14.1. The number of alkyl halides is 3. The Morgan fingerprint density at radius 3 is 2.54 bits per heavy atom. The SMILES string of the molecule is [2H]C1([2H])C[C@@]([2H])(C[C@@]([2H])(C#N)NC(=O)[C@]2([2H])[C@@H]3[C@@H](C3(C)C)C([2H])([2H])N2C(=O)C(NC(=O)C(F)(F)F)C(C([2H])([2H])[2H])(C([2H])([2H])[2H])C([2H])([2H])[2H])C(=O)N1. The smallest absolute Gasteiger partial charge is 0.356 e. The summed E-state index contributed by atoms with van der Waals surface area (Å²) >= 11 is 0. The lowest BCUT2D eigenvalue weighted by molar-refractivity contribution is -0.176. The zero-order valence-electron chi connectivity index (χ0n) is 34.3. The third-order valence-electron chi connectivity index (χ3n) is 5.91. The molecule has 4 amide bonds. The molecule has 6 atom stereocenters. The zero-order chi connectivity index (χ0) is 40.4. The van der Waals surface area contributed by atoms with E-state index >= 15 is 0 Å². The second kappa shape index (κ2) is 8.99. The highest BCUT2D eigenvalue weighted by atomic mass is 19.4. The van der Waals surface area contributed by atoms with Crippen LogP contribution in [0.5, 0.6) is 0 Å². The van der Waals surface area contributed by atoms with Crippen LogP contribution < -0.4 is 16.0 Å². The van der Waals surface area contributed by atoms with Crippen LogP contribution in [0.25, 0.3) is 0 Å². The summed E-state index contributed by atoms with van der Waals surface area (Å²) in [6.45, 7) is -17.0. The molecule has 2 aliphatic heterocycles. The van der Waals surface area contributed by atoms with Gasteiger partial charge in [0, 0.05) is 38.1 Å². The minimum Gasteiger partial charge on any atom is -0.356 e. The number of halogens is 3. The summed E-state index contributed by atoms with van der Waals surface area (Å²) in [7, 11) is 0. The van der Waals surface area contributed by atoms with Crippen LogP contribution in [0, 0.1) is 39.9 Å². The van der Waals surface area contributed by atoms with E-state index in [1.807, 2.05) is 0 Å². The average Bonchev–Trinajstić information content (AvgIpc) is 3.31. The monoisotopic (exact) mass is 515 g/mol. The summed E-state index contributed by atoms with van der Waals surface area (Å²) in [5.74, 6) is -15.2. The molecule has 0 spiro atoms. The van der Waals surface area contributed by atoms with Crippen LogP contribution in [-0.4, -0.2) is 65.8 Å². The maximum absolute atomic E-state index is 14.4. The Bertz CT molecular complexity index is 1520. The third kappa shape index (κ3) is 5.23. The van der Waals surface area contributed by atoms with Crippen molar-refractivity contribution >= 4 is 23.6 Å². The van der Waals surface area contributed by atoms with E-state index < -0.39 is 128 Å². The minimum absolute atomic E-state index is 0.523. The Morgan fingerprint density at radius 1 is 1.37 bits per heavy atom. The fourth-order valence-corrected chi connectivity index (χ4v) is 3.93. The molecule has 3 rings (SSSR count). The second-order valence-electron chi connectivity index (χ2n) is 8.81. The van der Waals surface area contributed by atoms with Crippen molar-refractivity contribution in [3.63, 3.8) is 0 Å². The lowest BCUT2D eigenvalue weighted by atomic mass is 9.85. The number of carbonyl (C=O) groups is 4. The van der Waals surface area contributed by atoms with Crippen LogP contribution in [0.1, 0.15) is 69.2 Å². The molecule has 1 aliphatic carbocycles. The molecule has 0 bridgehead atoms. The van der Waals surface area contributed by atoms with Gasteiger partial charge in [-0.25, -0.2) is 0 Å². The van der Waals surface area contributed by atoms with E-state index in [9.17, 15) is 39.0 Å². The van der Waals surface area contributed by atoms with Gasteiger partial charge in [-0.3, -0.25) is 19.2 Å². The van der Waals surface area contributed by atoms with Crippen LogP contribution in [0.2, 0.25) is 0 Å². The van der Waals surface area contributed by atoms with Crippen LogP contribution >= 0.6 is 0 Å². The van der Waals surface area contributed by atoms with E-state index in [4.69, 9.17) is 20.6 Å². The molecule has 3 fully saturated rings. The molecule has 0 radical (unpaired) electrons. The molecule has 9 nitrogen and oxygen atoms in total. The summed E-state index contributed by atoms with van der Waals surface area (Å²) in [6, 6.07) is -9.38. The topological polar surface area (TPSA) is 131 Å². The van der Waals surface area contributed by atoms with Gasteiger partial charge < -0.3 is 20.9 Å². The standard InChI is InChI=1S/C23H32F3N5O4/c1-21(2,3)16(30-20(35)23(24,25)26)19(34)31-10-13-14(22(13,4)5)15(31)18(33)29-12(9-27)8-11-6-7-28-17(11)32/h11-16H,6-8,10H2,1-5H3,(H,28,32)(H,29,33)(H,30,35)/t11-,12-,13-,14-,15-,16?/m0/s1/i1D3,2D3,3D3,7D2,10D2,11D,12D,15D. The Balaban J connectivity index is 2.31. The number of carbonyl (C=O) groups excluding carboxylic acids is 4. The molecule has 2 heterocycles.